The zero-order valence-electron chi connectivity index (χ0n) is 6.72. The summed E-state index contributed by atoms with van der Waals surface area (Å²) in [5.74, 6) is -0.111. The minimum absolute atomic E-state index is 0.302. The maximum Gasteiger partial charge on any atom is 0.300 e. The lowest BCUT2D eigenvalue weighted by molar-refractivity contribution is -0.134. The van der Waals surface area contributed by atoms with Crippen LogP contribution in [0.3, 0.4) is 0 Å². The molecule has 11 heavy (non-hydrogen) atoms. The lowest BCUT2D eigenvalue weighted by Crippen LogP contribution is -1.82. The topological polar surface area (TPSA) is 57.5 Å². The Kier molecular flexibility index (Phi) is 15.0. The number of hydrogen-bond donors (Lipinski definition) is 2. The summed E-state index contributed by atoms with van der Waals surface area (Å²) >= 11 is 5.36. The van der Waals surface area contributed by atoms with Crippen molar-refractivity contribution >= 4 is 17.6 Å². The Labute approximate surface area is 72.0 Å². The highest BCUT2D eigenvalue weighted by Crippen LogP contribution is 1.94. The van der Waals surface area contributed by atoms with Gasteiger partial charge in [-0.05, 0) is 19.3 Å². The second-order valence-electron chi connectivity index (χ2n) is 1.99. The fourth-order valence-corrected chi connectivity index (χ4v) is 0.572. The van der Waals surface area contributed by atoms with Crippen LogP contribution in [0.1, 0.15) is 26.2 Å². The first-order chi connectivity index (χ1) is 5.15. The third-order valence-corrected chi connectivity index (χ3v) is 1.06. The molecule has 68 valence electrons. The molecule has 2 N–H and O–H groups in total. The first-order valence-corrected chi connectivity index (χ1v) is 4.05. The van der Waals surface area contributed by atoms with Gasteiger partial charge in [0.25, 0.3) is 5.97 Å². The van der Waals surface area contributed by atoms with Crippen LogP contribution in [0, 0.1) is 0 Å². The van der Waals surface area contributed by atoms with Crippen molar-refractivity contribution in [1.29, 1.82) is 0 Å². The number of carboxylic acid groups (broad SMARTS) is 1. The van der Waals surface area contributed by atoms with Crippen LogP contribution in [0.5, 0.6) is 0 Å². The van der Waals surface area contributed by atoms with Crippen LogP contribution in [0.25, 0.3) is 0 Å². The number of aliphatic hydroxyl groups excluding tert-OH is 1. The molecule has 0 heterocycles. The third kappa shape index (κ3) is 41.9. The van der Waals surface area contributed by atoms with Crippen molar-refractivity contribution in [1.82, 2.24) is 0 Å². The van der Waals surface area contributed by atoms with Gasteiger partial charge in [0, 0.05) is 19.4 Å². The average Bonchev–Trinajstić information content (AvgIpc) is 1.88. The summed E-state index contributed by atoms with van der Waals surface area (Å²) in [5, 5.41) is 15.7. The summed E-state index contributed by atoms with van der Waals surface area (Å²) in [4.78, 5) is 9.00. The van der Waals surface area contributed by atoms with Crippen molar-refractivity contribution in [3.05, 3.63) is 0 Å². The van der Waals surface area contributed by atoms with Crippen LogP contribution in [-0.4, -0.2) is 28.7 Å². The number of aliphatic carboxylic acids is 1. The number of carboxylic acids is 1. The number of unbranched alkanes of at least 4 members (excludes halogenated alkanes) is 2. The van der Waals surface area contributed by atoms with Gasteiger partial charge >= 0.3 is 0 Å². The van der Waals surface area contributed by atoms with Crippen molar-refractivity contribution < 1.29 is 15.0 Å². The Bertz CT molecular complexity index is 77.8. The molecule has 3 nitrogen and oxygen atoms in total. The van der Waals surface area contributed by atoms with Gasteiger partial charge < -0.3 is 10.2 Å². The molecule has 0 amide bonds. The summed E-state index contributed by atoms with van der Waals surface area (Å²) in [7, 11) is 0. The maximum atomic E-state index is 9.00. The molecule has 0 rings (SSSR count). The Morgan fingerprint density at radius 1 is 1.36 bits per heavy atom. The molecular weight excluding hydrogens is 168 g/mol. The van der Waals surface area contributed by atoms with E-state index in [1.807, 2.05) is 0 Å². The minimum atomic E-state index is -0.833. The molecule has 0 spiro atoms. The van der Waals surface area contributed by atoms with E-state index in [1.54, 1.807) is 0 Å². The number of carbonyl (C=O) groups is 1. The van der Waals surface area contributed by atoms with Crippen molar-refractivity contribution in [3.8, 4) is 0 Å². The summed E-state index contributed by atoms with van der Waals surface area (Å²) in [5.41, 5.74) is 0. The normalized spacial score (nSPS) is 8.27. The van der Waals surface area contributed by atoms with E-state index in [9.17, 15) is 0 Å². The summed E-state index contributed by atoms with van der Waals surface area (Å²) in [6.45, 7) is 1.39. The molecule has 0 radical (unpaired) electrons. The average molecular weight is 183 g/mol. The van der Waals surface area contributed by atoms with E-state index < -0.39 is 5.97 Å². The number of aliphatic hydroxyl groups is 1. The molecule has 4 heteroatoms. The molecule has 0 aromatic heterocycles. The van der Waals surface area contributed by atoms with Gasteiger partial charge in [-0.25, -0.2) is 0 Å². The summed E-state index contributed by atoms with van der Waals surface area (Å²) in [6.07, 6.45) is 2.98. The molecule has 0 aliphatic carbocycles. The first-order valence-electron chi connectivity index (χ1n) is 3.51. The van der Waals surface area contributed by atoms with Crippen molar-refractivity contribution in [3.63, 3.8) is 0 Å². The van der Waals surface area contributed by atoms with Crippen LogP contribution < -0.4 is 0 Å². The smallest absolute Gasteiger partial charge is 0.300 e. The number of alkyl halides is 1. The molecule has 0 aromatic carbocycles. The molecule has 0 atom stereocenters. The predicted molar refractivity (Wildman–Crippen MR) is 45.0 cm³/mol. The lowest BCUT2D eigenvalue weighted by Gasteiger charge is -1.89. The first kappa shape index (κ1) is 13.3. The van der Waals surface area contributed by atoms with Gasteiger partial charge in [-0.1, -0.05) is 0 Å². The molecule has 0 fully saturated rings. The standard InChI is InChI=1S/C5H11ClO.C2H4O2/c6-4-2-1-3-5-7;1-2(3)4/h7H,1-5H2;1H3,(H,3,4). The molecule has 0 saturated carbocycles. The number of rotatable bonds is 4. The van der Waals surface area contributed by atoms with Crippen molar-refractivity contribution in [2.45, 2.75) is 26.2 Å². The molecule has 0 aliphatic heterocycles. The second-order valence-corrected chi connectivity index (χ2v) is 2.37. The van der Waals surface area contributed by atoms with E-state index in [0.717, 1.165) is 32.1 Å². The molecule has 0 bridgehead atoms. The fourth-order valence-electron chi connectivity index (χ4n) is 0.383. The van der Waals surface area contributed by atoms with Gasteiger partial charge in [-0.2, -0.15) is 0 Å². The van der Waals surface area contributed by atoms with E-state index in [-0.39, 0.29) is 0 Å². The van der Waals surface area contributed by atoms with Gasteiger partial charge in [0.05, 0.1) is 0 Å². The van der Waals surface area contributed by atoms with E-state index in [0.29, 0.717) is 6.61 Å². The van der Waals surface area contributed by atoms with E-state index in [4.69, 9.17) is 26.6 Å². The third-order valence-electron chi connectivity index (χ3n) is 0.792. The van der Waals surface area contributed by atoms with E-state index in [1.165, 1.54) is 0 Å². The van der Waals surface area contributed by atoms with Gasteiger partial charge in [-0.3, -0.25) is 4.79 Å². The van der Waals surface area contributed by atoms with Crippen LogP contribution >= 0.6 is 11.6 Å². The predicted octanol–water partition coefficient (Wildman–Crippen LogP) is 1.48. The van der Waals surface area contributed by atoms with Gasteiger partial charge in [0.15, 0.2) is 0 Å². The zero-order chi connectivity index (χ0) is 9.11. The van der Waals surface area contributed by atoms with E-state index in [2.05, 4.69) is 0 Å². The van der Waals surface area contributed by atoms with Crippen molar-refractivity contribution in [2.75, 3.05) is 12.5 Å². The highest BCUT2D eigenvalue weighted by molar-refractivity contribution is 6.17. The Balaban J connectivity index is 0. The van der Waals surface area contributed by atoms with Crippen molar-refractivity contribution in [2.24, 2.45) is 0 Å². The maximum absolute atomic E-state index is 9.00. The Morgan fingerprint density at radius 2 is 1.82 bits per heavy atom. The second kappa shape index (κ2) is 12.4. The Hall–Kier alpha value is -0.280. The highest BCUT2D eigenvalue weighted by Gasteiger charge is 1.82. The molecule has 0 unspecified atom stereocenters. The summed E-state index contributed by atoms with van der Waals surface area (Å²) in [6, 6.07) is 0. The zero-order valence-corrected chi connectivity index (χ0v) is 7.47. The lowest BCUT2D eigenvalue weighted by atomic mass is 10.3. The molecule has 0 aliphatic rings. The molecule has 0 saturated heterocycles. The number of hydrogen-bond acceptors (Lipinski definition) is 2. The van der Waals surface area contributed by atoms with E-state index >= 15 is 0 Å². The molecular formula is C7H15ClO3. The van der Waals surface area contributed by atoms with Crippen LogP contribution in [0.2, 0.25) is 0 Å². The van der Waals surface area contributed by atoms with Crippen LogP contribution in [0.4, 0.5) is 0 Å². The quantitative estimate of drug-likeness (QED) is 0.512. The van der Waals surface area contributed by atoms with Crippen LogP contribution in [0.15, 0.2) is 0 Å². The van der Waals surface area contributed by atoms with Crippen LogP contribution in [-0.2, 0) is 4.79 Å². The SMILES string of the molecule is CC(=O)O.OCCCCCCl. The fraction of sp³-hybridized carbons (Fsp3) is 0.857. The largest absolute Gasteiger partial charge is 0.481 e. The minimum Gasteiger partial charge on any atom is -0.481 e. The number of halogens is 1. The molecule has 0 aromatic rings. The highest BCUT2D eigenvalue weighted by atomic mass is 35.5. The Morgan fingerprint density at radius 3 is 2.09 bits per heavy atom. The monoisotopic (exact) mass is 182 g/mol. The van der Waals surface area contributed by atoms with Gasteiger partial charge in [-0.15, -0.1) is 11.6 Å². The van der Waals surface area contributed by atoms with Gasteiger partial charge in [0.2, 0.25) is 0 Å². The van der Waals surface area contributed by atoms with Gasteiger partial charge in [0.1, 0.15) is 0 Å². The summed E-state index contributed by atoms with van der Waals surface area (Å²) < 4.78 is 0.